The van der Waals surface area contributed by atoms with Gasteiger partial charge in [0.25, 0.3) is 0 Å². The Balaban J connectivity index is 2.62. The third-order valence-corrected chi connectivity index (χ3v) is 2.71. The van der Waals surface area contributed by atoms with Crippen molar-refractivity contribution >= 4 is 5.82 Å². The molecule has 2 nitrogen and oxygen atoms in total. The van der Waals surface area contributed by atoms with Crippen molar-refractivity contribution in [1.82, 2.24) is 4.98 Å². The standard InChI is InChI=1S/C14H11F5N2/c1-2-20-13-6-8(14(17,18)19)5-12(21-13)10-7-9(15)3-4-11(10)16/h3-7H,2H2,1H3,(H,20,21). The zero-order valence-electron chi connectivity index (χ0n) is 10.9. The van der Waals surface area contributed by atoms with Crippen LogP contribution in [0.2, 0.25) is 0 Å². The summed E-state index contributed by atoms with van der Waals surface area (Å²) in [7, 11) is 0. The average Bonchev–Trinajstić information content (AvgIpc) is 2.40. The number of halogens is 5. The van der Waals surface area contributed by atoms with Crippen LogP contribution in [0.4, 0.5) is 27.8 Å². The largest absolute Gasteiger partial charge is 0.416 e. The first-order valence-corrected chi connectivity index (χ1v) is 6.10. The van der Waals surface area contributed by atoms with E-state index in [1.54, 1.807) is 6.92 Å². The Morgan fingerprint density at radius 1 is 1.10 bits per heavy atom. The SMILES string of the molecule is CCNc1cc(C(F)(F)F)cc(-c2cc(F)ccc2F)n1. The molecule has 0 saturated carbocycles. The van der Waals surface area contributed by atoms with Gasteiger partial charge < -0.3 is 5.32 Å². The lowest BCUT2D eigenvalue weighted by atomic mass is 10.1. The van der Waals surface area contributed by atoms with E-state index in [1.165, 1.54) is 0 Å². The summed E-state index contributed by atoms with van der Waals surface area (Å²) in [5, 5.41) is 2.64. The topological polar surface area (TPSA) is 24.9 Å². The minimum absolute atomic E-state index is 0.0500. The van der Waals surface area contributed by atoms with Gasteiger partial charge in [-0.1, -0.05) is 0 Å². The minimum atomic E-state index is -4.61. The first-order chi connectivity index (χ1) is 9.81. The number of nitrogens with zero attached hydrogens (tertiary/aromatic N) is 1. The van der Waals surface area contributed by atoms with Gasteiger partial charge in [0.05, 0.1) is 11.3 Å². The second-order valence-corrected chi connectivity index (χ2v) is 4.28. The van der Waals surface area contributed by atoms with Crippen LogP contribution in [0.5, 0.6) is 0 Å². The van der Waals surface area contributed by atoms with Crippen molar-refractivity contribution in [3.8, 4) is 11.3 Å². The molecule has 0 aliphatic carbocycles. The molecular formula is C14H11F5N2. The predicted molar refractivity (Wildman–Crippen MR) is 68.8 cm³/mol. The predicted octanol–water partition coefficient (Wildman–Crippen LogP) is 4.48. The van der Waals surface area contributed by atoms with Crippen LogP contribution < -0.4 is 5.32 Å². The van der Waals surface area contributed by atoms with Gasteiger partial charge in [0, 0.05) is 12.1 Å². The van der Waals surface area contributed by atoms with Gasteiger partial charge >= 0.3 is 6.18 Å². The summed E-state index contributed by atoms with van der Waals surface area (Å²) in [5.74, 6) is -1.65. The fourth-order valence-corrected chi connectivity index (χ4v) is 1.80. The maximum Gasteiger partial charge on any atom is 0.416 e. The normalized spacial score (nSPS) is 11.5. The lowest BCUT2D eigenvalue weighted by Crippen LogP contribution is -2.09. The number of anilines is 1. The molecule has 2 aromatic rings. The number of nitrogens with one attached hydrogen (secondary N) is 1. The molecule has 0 saturated heterocycles. The van der Waals surface area contributed by atoms with E-state index in [9.17, 15) is 22.0 Å². The quantitative estimate of drug-likeness (QED) is 0.846. The number of hydrogen-bond acceptors (Lipinski definition) is 2. The monoisotopic (exact) mass is 302 g/mol. The minimum Gasteiger partial charge on any atom is -0.370 e. The van der Waals surface area contributed by atoms with Gasteiger partial charge in [-0.05, 0) is 37.3 Å². The first kappa shape index (κ1) is 15.2. The van der Waals surface area contributed by atoms with Crippen molar-refractivity contribution in [1.29, 1.82) is 0 Å². The van der Waals surface area contributed by atoms with Gasteiger partial charge in [-0.15, -0.1) is 0 Å². The van der Waals surface area contributed by atoms with E-state index in [4.69, 9.17) is 0 Å². The summed E-state index contributed by atoms with van der Waals surface area (Å²) in [6.45, 7) is 2.03. The van der Waals surface area contributed by atoms with E-state index in [1.807, 2.05) is 0 Å². The molecule has 0 aliphatic heterocycles. The van der Waals surface area contributed by atoms with E-state index >= 15 is 0 Å². The molecule has 1 aromatic heterocycles. The molecule has 0 atom stereocenters. The number of pyridine rings is 1. The molecule has 2 rings (SSSR count). The molecule has 0 amide bonds. The molecule has 0 unspecified atom stereocenters. The van der Waals surface area contributed by atoms with Crippen LogP contribution in [-0.4, -0.2) is 11.5 Å². The molecule has 1 heterocycles. The molecule has 7 heteroatoms. The number of hydrogen-bond donors (Lipinski definition) is 1. The molecule has 1 N–H and O–H groups in total. The Labute approximate surface area is 117 Å². The Hall–Kier alpha value is -2.18. The number of benzene rings is 1. The molecule has 0 spiro atoms. The van der Waals surface area contributed by atoms with Crippen molar-refractivity contribution in [2.45, 2.75) is 13.1 Å². The highest BCUT2D eigenvalue weighted by molar-refractivity contribution is 5.63. The Morgan fingerprint density at radius 2 is 1.81 bits per heavy atom. The second kappa shape index (κ2) is 5.67. The number of aromatic nitrogens is 1. The highest BCUT2D eigenvalue weighted by Gasteiger charge is 2.32. The van der Waals surface area contributed by atoms with Gasteiger partial charge in [-0.2, -0.15) is 13.2 Å². The highest BCUT2D eigenvalue weighted by atomic mass is 19.4. The molecule has 112 valence electrons. The molecule has 0 fully saturated rings. The molecular weight excluding hydrogens is 291 g/mol. The fourth-order valence-electron chi connectivity index (χ4n) is 1.80. The van der Waals surface area contributed by atoms with E-state index in [-0.39, 0.29) is 17.1 Å². The third kappa shape index (κ3) is 3.48. The molecule has 21 heavy (non-hydrogen) atoms. The third-order valence-electron chi connectivity index (χ3n) is 2.71. The summed E-state index contributed by atoms with van der Waals surface area (Å²) < 4.78 is 65.5. The van der Waals surface area contributed by atoms with E-state index in [0.717, 1.165) is 24.3 Å². The van der Waals surface area contributed by atoms with E-state index in [2.05, 4.69) is 10.3 Å². The summed E-state index contributed by atoms with van der Waals surface area (Å²) in [6, 6.07) is 4.06. The van der Waals surface area contributed by atoms with Crippen molar-refractivity contribution < 1.29 is 22.0 Å². The van der Waals surface area contributed by atoms with Crippen LogP contribution in [-0.2, 0) is 6.18 Å². The van der Waals surface area contributed by atoms with Crippen LogP contribution in [0.15, 0.2) is 30.3 Å². The summed E-state index contributed by atoms with van der Waals surface area (Å²) in [4.78, 5) is 3.89. The zero-order chi connectivity index (χ0) is 15.6. The van der Waals surface area contributed by atoms with Crippen LogP contribution in [0.1, 0.15) is 12.5 Å². The smallest absolute Gasteiger partial charge is 0.370 e. The van der Waals surface area contributed by atoms with Crippen LogP contribution in [0.3, 0.4) is 0 Å². The first-order valence-electron chi connectivity index (χ1n) is 6.10. The van der Waals surface area contributed by atoms with Crippen molar-refractivity contribution in [2.24, 2.45) is 0 Å². The van der Waals surface area contributed by atoms with Gasteiger partial charge in [-0.3, -0.25) is 0 Å². The average molecular weight is 302 g/mol. The van der Waals surface area contributed by atoms with Crippen molar-refractivity contribution in [2.75, 3.05) is 11.9 Å². The molecule has 0 radical (unpaired) electrons. The van der Waals surface area contributed by atoms with Crippen LogP contribution in [0.25, 0.3) is 11.3 Å². The summed E-state index contributed by atoms with van der Waals surface area (Å²) >= 11 is 0. The number of rotatable bonds is 3. The maximum absolute atomic E-state index is 13.7. The van der Waals surface area contributed by atoms with Crippen molar-refractivity contribution in [3.63, 3.8) is 0 Å². The maximum atomic E-state index is 13.7. The van der Waals surface area contributed by atoms with Crippen LogP contribution in [0, 0.1) is 11.6 Å². The Kier molecular flexibility index (Phi) is 4.11. The van der Waals surface area contributed by atoms with Crippen LogP contribution >= 0.6 is 0 Å². The number of alkyl halides is 3. The van der Waals surface area contributed by atoms with Gasteiger partial charge in [0.15, 0.2) is 0 Å². The lowest BCUT2D eigenvalue weighted by molar-refractivity contribution is -0.137. The second-order valence-electron chi connectivity index (χ2n) is 4.28. The zero-order valence-corrected chi connectivity index (χ0v) is 10.9. The fraction of sp³-hybridized carbons (Fsp3) is 0.214. The van der Waals surface area contributed by atoms with E-state index < -0.39 is 23.4 Å². The Bertz CT molecular complexity index is 652. The molecule has 0 aliphatic rings. The lowest BCUT2D eigenvalue weighted by Gasteiger charge is -2.12. The van der Waals surface area contributed by atoms with Gasteiger partial charge in [-0.25, -0.2) is 13.8 Å². The molecule has 1 aromatic carbocycles. The van der Waals surface area contributed by atoms with Gasteiger partial charge in [0.1, 0.15) is 17.5 Å². The van der Waals surface area contributed by atoms with Gasteiger partial charge in [0.2, 0.25) is 0 Å². The summed E-state index contributed by atoms with van der Waals surface area (Å²) in [6.07, 6.45) is -4.61. The van der Waals surface area contributed by atoms with E-state index in [0.29, 0.717) is 12.6 Å². The summed E-state index contributed by atoms with van der Waals surface area (Å²) in [5.41, 5.74) is -1.58. The molecule has 0 bridgehead atoms. The van der Waals surface area contributed by atoms with Crippen molar-refractivity contribution in [3.05, 3.63) is 47.5 Å². The Morgan fingerprint density at radius 3 is 2.43 bits per heavy atom. The highest BCUT2D eigenvalue weighted by Crippen LogP contribution is 2.34.